The summed E-state index contributed by atoms with van der Waals surface area (Å²) in [4.78, 5) is 10.9. The minimum atomic E-state index is -0.385. The number of nitro groups is 1. The van der Waals surface area contributed by atoms with Crippen molar-refractivity contribution in [2.45, 2.75) is 26.8 Å². The fraction of sp³-hybridized carbons (Fsp3) is 0.556. The van der Waals surface area contributed by atoms with Gasteiger partial charge in [-0.2, -0.15) is 0 Å². The van der Waals surface area contributed by atoms with Gasteiger partial charge in [0, 0.05) is 17.0 Å². The first-order chi connectivity index (χ1) is 6.32. The number of nitrogens with zero attached hydrogens (tertiary/aromatic N) is 1. The summed E-state index contributed by atoms with van der Waals surface area (Å²) in [7, 11) is 0. The van der Waals surface area contributed by atoms with Crippen LogP contribution in [0, 0.1) is 15.5 Å². The van der Waals surface area contributed by atoms with Crippen molar-refractivity contribution < 1.29 is 4.92 Å². The number of halogens is 1. The van der Waals surface area contributed by atoms with Gasteiger partial charge >= 0.3 is 5.00 Å². The van der Waals surface area contributed by atoms with Crippen molar-refractivity contribution in [3.05, 3.63) is 27.1 Å². The van der Waals surface area contributed by atoms with Crippen LogP contribution in [0.4, 0.5) is 5.00 Å². The molecule has 0 aliphatic rings. The predicted octanol–water partition coefficient (Wildman–Crippen LogP) is 3.12. The van der Waals surface area contributed by atoms with Gasteiger partial charge in [0.05, 0.1) is 4.92 Å². The first-order valence-electron chi connectivity index (χ1n) is 4.32. The maximum atomic E-state index is 10.5. The molecule has 4 nitrogen and oxygen atoms in total. The van der Waals surface area contributed by atoms with Crippen LogP contribution >= 0.6 is 23.7 Å². The second-order valence-electron chi connectivity index (χ2n) is 4.28. The quantitative estimate of drug-likeness (QED) is 0.648. The first-order valence-corrected chi connectivity index (χ1v) is 5.13. The van der Waals surface area contributed by atoms with Crippen LogP contribution in [0.1, 0.15) is 31.7 Å². The Hall–Kier alpha value is -0.650. The summed E-state index contributed by atoms with van der Waals surface area (Å²) < 4.78 is 0. The lowest BCUT2D eigenvalue weighted by molar-refractivity contribution is -0.380. The largest absolute Gasteiger partial charge is 0.324 e. The zero-order chi connectivity index (χ0) is 10.9. The number of hydrogen-bond donors (Lipinski definition) is 1. The standard InChI is InChI=1S/C9H14N2O2S.ClH/c1-9(2,3)8(10)6-4-5-7(14-6)11(12)13;/h4-5,8H,10H2,1-3H3;1H/t8-;/m0./s1. The van der Waals surface area contributed by atoms with Gasteiger partial charge in [-0.25, -0.2) is 0 Å². The van der Waals surface area contributed by atoms with Gasteiger partial charge in [0.2, 0.25) is 0 Å². The van der Waals surface area contributed by atoms with E-state index < -0.39 is 0 Å². The summed E-state index contributed by atoms with van der Waals surface area (Å²) in [5.74, 6) is 0. The van der Waals surface area contributed by atoms with Crippen molar-refractivity contribution in [1.82, 2.24) is 0 Å². The molecule has 0 spiro atoms. The maximum absolute atomic E-state index is 10.5. The van der Waals surface area contributed by atoms with E-state index in [-0.39, 0.29) is 33.8 Å². The Bertz CT molecular complexity index is 346. The van der Waals surface area contributed by atoms with Gasteiger partial charge in [0.25, 0.3) is 0 Å². The van der Waals surface area contributed by atoms with Gasteiger partial charge in [-0.1, -0.05) is 32.1 Å². The summed E-state index contributed by atoms with van der Waals surface area (Å²) in [5, 5.41) is 10.6. The van der Waals surface area contributed by atoms with E-state index in [2.05, 4.69) is 0 Å². The van der Waals surface area contributed by atoms with Crippen molar-refractivity contribution in [3.63, 3.8) is 0 Å². The van der Waals surface area contributed by atoms with E-state index in [0.29, 0.717) is 0 Å². The van der Waals surface area contributed by atoms with Crippen LogP contribution in [0.25, 0.3) is 0 Å². The van der Waals surface area contributed by atoms with Crippen LogP contribution in [0.2, 0.25) is 0 Å². The van der Waals surface area contributed by atoms with Crippen LogP contribution in [-0.2, 0) is 0 Å². The van der Waals surface area contributed by atoms with Crippen molar-refractivity contribution in [2.24, 2.45) is 11.1 Å². The summed E-state index contributed by atoms with van der Waals surface area (Å²) in [6, 6.07) is 3.09. The highest BCUT2D eigenvalue weighted by atomic mass is 35.5. The Morgan fingerprint density at radius 1 is 1.47 bits per heavy atom. The Kier molecular flexibility index (Phi) is 4.70. The molecule has 86 valence electrons. The molecule has 15 heavy (non-hydrogen) atoms. The normalized spacial score (nSPS) is 13.1. The van der Waals surface area contributed by atoms with E-state index in [9.17, 15) is 10.1 Å². The zero-order valence-corrected chi connectivity index (χ0v) is 10.5. The lowest BCUT2D eigenvalue weighted by Crippen LogP contribution is -2.25. The molecule has 0 radical (unpaired) electrons. The average molecular weight is 251 g/mol. The second kappa shape index (κ2) is 4.92. The van der Waals surface area contributed by atoms with Gasteiger partial charge in [-0.15, -0.1) is 12.4 Å². The summed E-state index contributed by atoms with van der Waals surface area (Å²) in [6.45, 7) is 6.05. The van der Waals surface area contributed by atoms with E-state index in [1.807, 2.05) is 20.8 Å². The molecule has 0 aliphatic heterocycles. The van der Waals surface area contributed by atoms with Gasteiger partial charge < -0.3 is 5.73 Å². The molecule has 2 N–H and O–H groups in total. The third-order valence-corrected chi connectivity index (χ3v) is 3.15. The highest BCUT2D eigenvalue weighted by Crippen LogP contribution is 2.36. The van der Waals surface area contributed by atoms with Crippen molar-refractivity contribution in [1.29, 1.82) is 0 Å². The predicted molar refractivity (Wildman–Crippen MR) is 64.6 cm³/mol. The van der Waals surface area contributed by atoms with Crippen molar-refractivity contribution in [3.8, 4) is 0 Å². The van der Waals surface area contributed by atoms with Gasteiger partial charge in [0.15, 0.2) is 0 Å². The highest BCUT2D eigenvalue weighted by molar-refractivity contribution is 7.15. The monoisotopic (exact) mass is 250 g/mol. The summed E-state index contributed by atoms with van der Waals surface area (Å²) >= 11 is 1.15. The average Bonchev–Trinajstić information content (AvgIpc) is 2.48. The number of hydrogen-bond acceptors (Lipinski definition) is 4. The Labute approximate surface area is 99.0 Å². The van der Waals surface area contributed by atoms with Gasteiger partial charge in [-0.05, 0) is 11.5 Å². The molecule has 1 aromatic rings. The maximum Gasteiger partial charge on any atom is 0.324 e. The molecule has 0 saturated heterocycles. The third-order valence-electron chi connectivity index (χ3n) is 2.03. The molecule has 0 aliphatic carbocycles. The molecule has 1 rings (SSSR count). The molecule has 6 heteroatoms. The highest BCUT2D eigenvalue weighted by Gasteiger charge is 2.25. The van der Waals surface area contributed by atoms with Gasteiger partial charge in [0.1, 0.15) is 0 Å². The zero-order valence-electron chi connectivity index (χ0n) is 8.89. The Morgan fingerprint density at radius 3 is 2.33 bits per heavy atom. The molecule has 0 saturated carbocycles. The van der Waals surface area contributed by atoms with E-state index in [0.717, 1.165) is 16.2 Å². The van der Waals surface area contributed by atoms with Crippen LogP contribution in [0.5, 0.6) is 0 Å². The fourth-order valence-corrected chi connectivity index (χ4v) is 2.10. The topological polar surface area (TPSA) is 69.2 Å². The van der Waals surface area contributed by atoms with E-state index in [1.54, 1.807) is 6.07 Å². The second-order valence-corrected chi connectivity index (χ2v) is 5.37. The third kappa shape index (κ3) is 3.44. The SMILES string of the molecule is CC(C)(C)[C@@H](N)c1ccc([N+](=O)[O-])s1.Cl. The Balaban J connectivity index is 0.00000196. The Morgan fingerprint density at radius 2 is 2.00 bits per heavy atom. The van der Waals surface area contributed by atoms with Gasteiger partial charge in [-0.3, -0.25) is 10.1 Å². The van der Waals surface area contributed by atoms with E-state index in [1.165, 1.54) is 6.07 Å². The smallest absolute Gasteiger partial charge is 0.323 e. The fourth-order valence-electron chi connectivity index (χ4n) is 1.03. The molecule has 0 amide bonds. The van der Waals surface area contributed by atoms with Crippen molar-refractivity contribution in [2.75, 3.05) is 0 Å². The molecule has 0 aromatic carbocycles. The minimum absolute atomic E-state index is 0. The van der Waals surface area contributed by atoms with E-state index >= 15 is 0 Å². The molecule has 0 fully saturated rings. The van der Waals surface area contributed by atoms with Crippen LogP contribution in [0.3, 0.4) is 0 Å². The molecule has 0 unspecified atom stereocenters. The number of nitrogens with two attached hydrogens (primary N) is 1. The van der Waals surface area contributed by atoms with Crippen molar-refractivity contribution >= 4 is 28.7 Å². The van der Waals surface area contributed by atoms with Crippen LogP contribution < -0.4 is 5.73 Å². The lowest BCUT2D eigenvalue weighted by Gasteiger charge is -2.25. The first kappa shape index (κ1) is 14.3. The molecular formula is C9H15ClN2O2S. The lowest BCUT2D eigenvalue weighted by atomic mass is 9.87. The van der Waals surface area contributed by atoms with E-state index in [4.69, 9.17) is 5.73 Å². The summed E-state index contributed by atoms with van der Waals surface area (Å²) in [5.41, 5.74) is 5.90. The van der Waals surface area contributed by atoms with Crippen LogP contribution in [-0.4, -0.2) is 4.92 Å². The molecule has 0 bridgehead atoms. The number of thiophene rings is 1. The molecule has 1 aromatic heterocycles. The molecule has 1 heterocycles. The summed E-state index contributed by atoms with van der Waals surface area (Å²) in [6.07, 6.45) is 0. The molecular weight excluding hydrogens is 236 g/mol. The van der Waals surface area contributed by atoms with Crippen LogP contribution in [0.15, 0.2) is 12.1 Å². The molecule has 1 atom stereocenters. The minimum Gasteiger partial charge on any atom is -0.323 e. The number of rotatable bonds is 2.